The van der Waals surface area contributed by atoms with Gasteiger partial charge in [-0.2, -0.15) is 0 Å². The molecule has 7 nitrogen and oxygen atoms in total. The molecule has 0 fully saturated rings. The van der Waals surface area contributed by atoms with Gasteiger partial charge in [-0.25, -0.2) is 0 Å². The van der Waals surface area contributed by atoms with E-state index in [1.54, 1.807) is 72.9 Å². The van der Waals surface area contributed by atoms with Crippen molar-refractivity contribution in [2.75, 3.05) is 17.2 Å². The number of aromatic nitrogens is 1. The number of carbonyl (C=O) groups excluding carboxylic acids is 3. The first-order valence-corrected chi connectivity index (χ1v) is 8.57. The van der Waals surface area contributed by atoms with E-state index in [9.17, 15) is 14.4 Å². The molecule has 0 spiro atoms. The molecule has 0 saturated carbocycles. The summed E-state index contributed by atoms with van der Waals surface area (Å²) in [7, 11) is 0. The average molecular weight is 374 g/mol. The molecule has 1 heterocycles. The van der Waals surface area contributed by atoms with Crippen molar-refractivity contribution in [1.29, 1.82) is 0 Å². The van der Waals surface area contributed by atoms with Crippen molar-refractivity contribution in [3.05, 3.63) is 90.3 Å². The zero-order valence-electron chi connectivity index (χ0n) is 14.9. The van der Waals surface area contributed by atoms with Crippen LogP contribution in [0.1, 0.15) is 20.7 Å². The fourth-order valence-corrected chi connectivity index (χ4v) is 2.44. The predicted octanol–water partition coefficient (Wildman–Crippen LogP) is 2.70. The normalized spacial score (nSPS) is 10.0. The summed E-state index contributed by atoms with van der Waals surface area (Å²) in [4.78, 5) is 40.4. The van der Waals surface area contributed by atoms with E-state index in [1.807, 2.05) is 0 Å². The third-order valence-corrected chi connectivity index (χ3v) is 3.82. The van der Waals surface area contributed by atoms with Crippen LogP contribution in [0, 0.1) is 0 Å². The molecular formula is C21H18N4O3. The average Bonchev–Trinajstić information content (AvgIpc) is 2.74. The molecule has 3 N–H and O–H groups in total. The van der Waals surface area contributed by atoms with Crippen molar-refractivity contribution < 1.29 is 14.4 Å². The molecule has 0 aliphatic rings. The lowest BCUT2D eigenvalue weighted by atomic mass is 10.2. The Kier molecular flexibility index (Phi) is 6.10. The molecule has 0 saturated heterocycles. The fraction of sp³-hybridized carbons (Fsp3) is 0.0476. The van der Waals surface area contributed by atoms with Crippen LogP contribution in [0.3, 0.4) is 0 Å². The van der Waals surface area contributed by atoms with Crippen molar-refractivity contribution in [1.82, 2.24) is 10.3 Å². The molecule has 1 aromatic heterocycles. The zero-order chi connectivity index (χ0) is 19.8. The highest BCUT2D eigenvalue weighted by Crippen LogP contribution is 2.21. The van der Waals surface area contributed by atoms with Crippen LogP contribution in [0.5, 0.6) is 0 Å². The molecule has 3 rings (SSSR count). The maximum atomic E-state index is 12.3. The third-order valence-electron chi connectivity index (χ3n) is 3.82. The fourth-order valence-electron chi connectivity index (χ4n) is 2.44. The van der Waals surface area contributed by atoms with E-state index in [4.69, 9.17) is 0 Å². The van der Waals surface area contributed by atoms with Crippen LogP contribution >= 0.6 is 0 Å². The molecule has 0 unspecified atom stereocenters. The van der Waals surface area contributed by atoms with E-state index in [-0.39, 0.29) is 18.4 Å². The molecule has 0 aliphatic heterocycles. The number of hydrogen-bond donors (Lipinski definition) is 3. The Morgan fingerprint density at radius 3 is 2.04 bits per heavy atom. The van der Waals surface area contributed by atoms with Gasteiger partial charge in [0.2, 0.25) is 5.91 Å². The molecule has 3 aromatic rings. The van der Waals surface area contributed by atoms with Crippen LogP contribution in [0.15, 0.2) is 79.1 Å². The molecule has 3 amide bonds. The minimum absolute atomic E-state index is 0.196. The van der Waals surface area contributed by atoms with Crippen LogP contribution in [0.25, 0.3) is 0 Å². The second kappa shape index (κ2) is 9.09. The summed E-state index contributed by atoms with van der Waals surface area (Å²) in [5, 5.41) is 7.99. The van der Waals surface area contributed by atoms with Gasteiger partial charge in [-0.15, -0.1) is 0 Å². The SMILES string of the molecule is O=C(CNC(=O)c1ccccc1)Nc1ccccc1NC(=O)c1cccnc1. The maximum Gasteiger partial charge on any atom is 0.257 e. The number of hydrogen-bond acceptors (Lipinski definition) is 4. The summed E-state index contributed by atoms with van der Waals surface area (Å²) in [6.45, 7) is -0.196. The van der Waals surface area contributed by atoms with Crippen LogP contribution in [0.4, 0.5) is 11.4 Å². The molecule has 0 atom stereocenters. The number of pyridine rings is 1. The van der Waals surface area contributed by atoms with Crippen LogP contribution in [-0.4, -0.2) is 29.3 Å². The molecule has 0 aliphatic carbocycles. The van der Waals surface area contributed by atoms with Crippen molar-refractivity contribution in [3.63, 3.8) is 0 Å². The molecule has 140 valence electrons. The highest BCUT2D eigenvalue weighted by atomic mass is 16.2. The summed E-state index contributed by atoms with van der Waals surface area (Å²) in [5.74, 6) is -1.09. The van der Waals surface area contributed by atoms with Gasteiger partial charge >= 0.3 is 0 Å². The van der Waals surface area contributed by atoms with Crippen molar-refractivity contribution in [2.45, 2.75) is 0 Å². The number of nitrogens with one attached hydrogen (secondary N) is 3. The van der Waals surface area contributed by atoms with Crippen LogP contribution in [-0.2, 0) is 4.79 Å². The van der Waals surface area contributed by atoms with Crippen molar-refractivity contribution >= 4 is 29.1 Å². The van der Waals surface area contributed by atoms with E-state index < -0.39 is 5.91 Å². The molecule has 2 aromatic carbocycles. The summed E-state index contributed by atoms with van der Waals surface area (Å²) in [6.07, 6.45) is 3.03. The quantitative estimate of drug-likeness (QED) is 0.618. The molecule has 0 bridgehead atoms. The first-order valence-electron chi connectivity index (χ1n) is 8.57. The monoisotopic (exact) mass is 374 g/mol. The Morgan fingerprint density at radius 1 is 0.714 bits per heavy atom. The van der Waals surface area contributed by atoms with Gasteiger partial charge in [0.25, 0.3) is 11.8 Å². The number of nitrogens with zero attached hydrogens (tertiary/aromatic N) is 1. The van der Waals surface area contributed by atoms with Gasteiger partial charge in [0.05, 0.1) is 23.5 Å². The molecule has 7 heteroatoms. The number of benzene rings is 2. The second-order valence-corrected chi connectivity index (χ2v) is 5.84. The minimum atomic E-state index is -0.410. The first-order chi connectivity index (χ1) is 13.6. The lowest BCUT2D eigenvalue weighted by Gasteiger charge is -2.12. The first kappa shape index (κ1) is 18.8. The van der Waals surface area contributed by atoms with E-state index in [0.717, 1.165) is 0 Å². The van der Waals surface area contributed by atoms with E-state index in [0.29, 0.717) is 22.5 Å². The number of anilines is 2. The molecule has 0 radical (unpaired) electrons. The van der Waals surface area contributed by atoms with Gasteiger partial charge in [-0.3, -0.25) is 19.4 Å². The topological polar surface area (TPSA) is 100 Å². The van der Waals surface area contributed by atoms with Gasteiger partial charge in [0.1, 0.15) is 0 Å². The lowest BCUT2D eigenvalue weighted by Crippen LogP contribution is -2.33. The predicted molar refractivity (Wildman–Crippen MR) is 106 cm³/mol. The molecule has 28 heavy (non-hydrogen) atoms. The summed E-state index contributed by atoms with van der Waals surface area (Å²) in [5.41, 5.74) is 1.75. The zero-order valence-corrected chi connectivity index (χ0v) is 14.9. The van der Waals surface area contributed by atoms with Gasteiger partial charge in [0.15, 0.2) is 0 Å². The summed E-state index contributed by atoms with van der Waals surface area (Å²) < 4.78 is 0. The Labute approximate surface area is 161 Å². The van der Waals surface area contributed by atoms with Crippen LogP contribution in [0.2, 0.25) is 0 Å². The van der Waals surface area contributed by atoms with E-state index in [1.165, 1.54) is 6.20 Å². The van der Waals surface area contributed by atoms with E-state index in [2.05, 4.69) is 20.9 Å². The van der Waals surface area contributed by atoms with Gasteiger partial charge in [-0.05, 0) is 36.4 Å². The van der Waals surface area contributed by atoms with Gasteiger partial charge < -0.3 is 16.0 Å². The van der Waals surface area contributed by atoms with Crippen molar-refractivity contribution in [2.24, 2.45) is 0 Å². The Balaban J connectivity index is 1.60. The van der Waals surface area contributed by atoms with Crippen LogP contribution < -0.4 is 16.0 Å². The van der Waals surface area contributed by atoms with Gasteiger partial charge in [0, 0.05) is 18.0 Å². The lowest BCUT2D eigenvalue weighted by molar-refractivity contribution is -0.115. The highest BCUT2D eigenvalue weighted by Gasteiger charge is 2.12. The Hall–Kier alpha value is -4.00. The highest BCUT2D eigenvalue weighted by molar-refractivity contribution is 6.07. The second-order valence-electron chi connectivity index (χ2n) is 5.84. The number of para-hydroxylation sites is 2. The molecular weight excluding hydrogens is 356 g/mol. The third kappa shape index (κ3) is 5.01. The van der Waals surface area contributed by atoms with Crippen molar-refractivity contribution in [3.8, 4) is 0 Å². The van der Waals surface area contributed by atoms with Gasteiger partial charge in [-0.1, -0.05) is 30.3 Å². The maximum absolute atomic E-state index is 12.3. The standard InChI is InChI=1S/C21H18N4O3/c26-19(14-23-20(27)15-7-2-1-3-8-15)24-17-10-4-5-11-18(17)25-21(28)16-9-6-12-22-13-16/h1-13H,14H2,(H,23,27)(H,24,26)(H,25,28). The largest absolute Gasteiger partial charge is 0.343 e. The summed E-state index contributed by atoms with van der Waals surface area (Å²) in [6, 6.07) is 18.7. The summed E-state index contributed by atoms with van der Waals surface area (Å²) >= 11 is 0. The Bertz CT molecular complexity index is 975. The smallest absolute Gasteiger partial charge is 0.257 e. The minimum Gasteiger partial charge on any atom is -0.343 e. The number of rotatable bonds is 6. The van der Waals surface area contributed by atoms with E-state index >= 15 is 0 Å². The number of amides is 3. The number of carbonyl (C=O) groups is 3. The Morgan fingerprint density at radius 2 is 1.36 bits per heavy atom.